The van der Waals surface area contributed by atoms with Gasteiger partial charge in [0.25, 0.3) is 5.09 Å². The molecule has 0 aliphatic heterocycles. The molecule has 0 amide bonds. The van der Waals surface area contributed by atoms with Crippen molar-refractivity contribution in [2.45, 2.75) is 44.9 Å². The van der Waals surface area contributed by atoms with Crippen LogP contribution in [0.2, 0.25) is 0 Å². The Kier molecular flexibility index (Phi) is 8.59. The zero-order valence-electron chi connectivity index (χ0n) is 14.8. The fraction of sp³-hybridized carbons (Fsp3) is 0.562. The second kappa shape index (κ2) is 10.4. The number of carboxylic acid groups (broad SMARTS) is 1. The molecule has 3 unspecified atom stereocenters. The third-order valence-corrected chi connectivity index (χ3v) is 3.58. The van der Waals surface area contributed by atoms with Crippen LogP contribution in [0.15, 0.2) is 18.2 Å². The number of aliphatic carboxylic acids is 1. The maximum Gasteiger partial charge on any atom is 0.308 e. The molecule has 1 aromatic carbocycles. The molecule has 0 saturated carbocycles. The van der Waals surface area contributed by atoms with Gasteiger partial charge in [0.1, 0.15) is 24.6 Å². The van der Waals surface area contributed by atoms with Crippen LogP contribution in [0.25, 0.3) is 0 Å². The van der Waals surface area contributed by atoms with Crippen LogP contribution in [-0.4, -0.2) is 52.7 Å². The van der Waals surface area contributed by atoms with Crippen LogP contribution in [-0.2, 0) is 16.1 Å². The lowest BCUT2D eigenvalue weighted by molar-refractivity contribution is -0.767. The van der Waals surface area contributed by atoms with Gasteiger partial charge < -0.3 is 30.8 Å². The average Bonchev–Trinajstić information content (AvgIpc) is 2.52. The number of nitrogen functional groups attached to an aromatic ring is 1. The fourth-order valence-electron chi connectivity index (χ4n) is 2.41. The summed E-state index contributed by atoms with van der Waals surface area (Å²) in [5, 5.41) is 31.4. The van der Waals surface area contributed by atoms with E-state index in [-0.39, 0.29) is 25.6 Å². The molecule has 1 rings (SSSR count). The van der Waals surface area contributed by atoms with Gasteiger partial charge in [-0.3, -0.25) is 4.79 Å². The molecule has 0 aromatic heterocycles. The number of benzene rings is 1. The Morgan fingerprint density at radius 3 is 2.73 bits per heavy atom. The average molecular weight is 371 g/mol. The Morgan fingerprint density at radius 2 is 2.12 bits per heavy atom. The van der Waals surface area contributed by atoms with E-state index in [2.05, 4.69) is 10.2 Å². The van der Waals surface area contributed by atoms with E-state index in [1.165, 1.54) is 0 Å². The third kappa shape index (κ3) is 7.99. The van der Waals surface area contributed by atoms with Crippen molar-refractivity contribution < 1.29 is 29.7 Å². The van der Waals surface area contributed by atoms with Gasteiger partial charge in [0.2, 0.25) is 0 Å². The number of carbonyl (C=O) groups is 1. The molecule has 0 heterocycles. The van der Waals surface area contributed by atoms with Gasteiger partial charge in [0.15, 0.2) is 0 Å². The number of ether oxygens (including phenoxy) is 1. The molecular weight excluding hydrogens is 346 g/mol. The Hall–Kier alpha value is -2.59. The molecule has 0 fully saturated rings. The lowest BCUT2D eigenvalue weighted by Crippen LogP contribution is -2.38. The number of nitrogens with zero attached hydrogens (tertiary/aromatic N) is 1. The van der Waals surface area contributed by atoms with Crippen LogP contribution in [0.5, 0.6) is 5.75 Å². The van der Waals surface area contributed by atoms with Crippen LogP contribution in [0.3, 0.4) is 0 Å². The number of aliphatic hydroxyl groups is 1. The third-order valence-electron chi connectivity index (χ3n) is 3.58. The minimum Gasteiger partial charge on any atom is -0.490 e. The molecule has 26 heavy (non-hydrogen) atoms. The van der Waals surface area contributed by atoms with E-state index in [4.69, 9.17) is 15.6 Å². The van der Waals surface area contributed by atoms with E-state index in [1.54, 1.807) is 25.1 Å². The summed E-state index contributed by atoms with van der Waals surface area (Å²) in [6.07, 6.45) is -1.30. The quantitative estimate of drug-likeness (QED) is 0.234. The number of hydrogen-bond donors (Lipinski definition) is 4. The van der Waals surface area contributed by atoms with E-state index in [0.717, 1.165) is 0 Å². The molecule has 0 spiro atoms. The molecule has 0 bridgehead atoms. The maximum atomic E-state index is 10.9. The lowest BCUT2D eigenvalue weighted by atomic mass is 10.1. The fourth-order valence-corrected chi connectivity index (χ4v) is 2.41. The van der Waals surface area contributed by atoms with Gasteiger partial charge in [-0.05, 0) is 32.4 Å². The standard InChI is InChI=1S/C16H25N3O7/c1-10(6-11(2)26-19(23)24)18-8-12(20)9-25-15-5-3-4-14(17)13(15)7-16(21)22/h3-5,10-12,18,20H,6-9,17H2,1-2H3,(H,21,22). The van der Waals surface area contributed by atoms with Crippen LogP contribution >= 0.6 is 0 Å². The first-order valence-corrected chi connectivity index (χ1v) is 8.13. The van der Waals surface area contributed by atoms with Crippen molar-refractivity contribution in [3.63, 3.8) is 0 Å². The first-order chi connectivity index (χ1) is 12.2. The number of rotatable bonds is 12. The number of nitrogens with one attached hydrogen (secondary N) is 1. The summed E-state index contributed by atoms with van der Waals surface area (Å²) in [5.74, 6) is -0.720. The number of anilines is 1. The van der Waals surface area contributed by atoms with Gasteiger partial charge in [-0.25, -0.2) is 0 Å². The Balaban J connectivity index is 2.45. The van der Waals surface area contributed by atoms with Gasteiger partial charge >= 0.3 is 5.97 Å². The smallest absolute Gasteiger partial charge is 0.308 e. The van der Waals surface area contributed by atoms with Gasteiger partial charge in [-0.1, -0.05) is 6.07 Å². The van der Waals surface area contributed by atoms with Crippen molar-refractivity contribution in [3.05, 3.63) is 33.9 Å². The van der Waals surface area contributed by atoms with Crippen molar-refractivity contribution >= 4 is 11.7 Å². The second-order valence-electron chi connectivity index (χ2n) is 6.04. The molecule has 0 saturated heterocycles. The van der Waals surface area contributed by atoms with E-state index >= 15 is 0 Å². The summed E-state index contributed by atoms with van der Waals surface area (Å²) in [6, 6.07) is 4.70. The maximum absolute atomic E-state index is 10.9. The minimum absolute atomic E-state index is 0.0588. The van der Waals surface area contributed by atoms with Crippen molar-refractivity contribution in [1.82, 2.24) is 5.32 Å². The highest BCUT2D eigenvalue weighted by Gasteiger charge is 2.15. The zero-order valence-corrected chi connectivity index (χ0v) is 14.8. The van der Waals surface area contributed by atoms with Gasteiger partial charge in [-0.15, -0.1) is 10.1 Å². The molecule has 0 aliphatic rings. The number of aliphatic hydroxyl groups excluding tert-OH is 1. The van der Waals surface area contributed by atoms with E-state index in [1.807, 2.05) is 6.92 Å². The van der Waals surface area contributed by atoms with E-state index < -0.39 is 23.3 Å². The Bertz CT molecular complexity index is 612. The molecule has 1 aromatic rings. The van der Waals surface area contributed by atoms with Gasteiger partial charge in [-0.2, -0.15) is 0 Å². The first kappa shape index (κ1) is 21.5. The monoisotopic (exact) mass is 371 g/mol. The predicted octanol–water partition coefficient (Wildman–Crippen LogP) is 0.601. The molecule has 10 heteroatoms. The van der Waals surface area contributed by atoms with Crippen molar-refractivity contribution in [1.29, 1.82) is 0 Å². The van der Waals surface area contributed by atoms with Gasteiger partial charge in [0, 0.05) is 23.8 Å². The molecule has 146 valence electrons. The molecule has 5 N–H and O–H groups in total. The molecule has 10 nitrogen and oxygen atoms in total. The first-order valence-electron chi connectivity index (χ1n) is 8.13. The van der Waals surface area contributed by atoms with E-state index in [9.17, 15) is 20.0 Å². The van der Waals surface area contributed by atoms with Gasteiger partial charge in [0.05, 0.1) is 6.42 Å². The number of nitrogens with two attached hydrogens (primary N) is 1. The van der Waals surface area contributed by atoms with Crippen LogP contribution < -0.4 is 15.8 Å². The van der Waals surface area contributed by atoms with Crippen molar-refractivity contribution in [2.24, 2.45) is 0 Å². The SMILES string of the molecule is CC(CC(C)O[N+](=O)[O-])NCC(O)COc1cccc(N)c1CC(=O)O. The Morgan fingerprint density at radius 1 is 1.42 bits per heavy atom. The molecule has 0 aliphatic carbocycles. The summed E-state index contributed by atoms with van der Waals surface area (Å²) in [5.41, 5.74) is 6.45. The van der Waals surface area contributed by atoms with Crippen LogP contribution in [0, 0.1) is 10.1 Å². The lowest BCUT2D eigenvalue weighted by Gasteiger charge is -2.20. The molecular formula is C16H25N3O7. The zero-order chi connectivity index (χ0) is 19.7. The highest BCUT2D eigenvalue weighted by atomic mass is 17.0. The molecule has 0 radical (unpaired) electrons. The van der Waals surface area contributed by atoms with Crippen LogP contribution in [0.4, 0.5) is 5.69 Å². The second-order valence-corrected chi connectivity index (χ2v) is 6.04. The summed E-state index contributed by atoms with van der Waals surface area (Å²) in [7, 11) is 0. The topological polar surface area (TPSA) is 157 Å². The minimum atomic E-state index is -1.03. The highest BCUT2D eigenvalue weighted by Crippen LogP contribution is 2.25. The van der Waals surface area contributed by atoms with Crippen molar-refractivity contribution in [2.75, 3.05) is 18.9 Å². The normalized spacial score (nSPS) is 14.3. The highest BCUT2D eigenvalue weighted by molar-refractivity contribution is 5.74. The van der Waals surface area contributed by atoms with Crippen molar-refractivity contribution in [3.8, 4) is 5.75 Å². The number of hydrogen-bond acceptors (Lipinski definition) is 8. The summed E-state index contributed by atoms with van der Waals surface area (Å²) in [4.78, 5) is 25.6. The number of carboxylic acids is 1. The van der Waals surface area contributed by atoms with E-state index in [0.29, 0.717) is 23.4 Å². The summed E-state index contributed by atoms with van der Waals surface area (Å²) < 4.78 is 5.50. The molecule has 3 atom stereocenters. The summed E-state index contributed by atoms with van der Waals surface area (Å²) in [6.45, 7) is 3.54. The predicted molar refractivity (Wildman–Crippen MR) is 93.3 cm³/mol. The summed E-state index contributed by atoms with van der Waals surface area (Å²) >= 11 is 0. The Labute approximate surface area is 151 Å². The van der Waals surface area contributed by atoms with Crippen LogP contribution in [0.1, 0.15) is 25.8 Å². The largest absolute Gasteiger partial charge is 0.490 e.